The summed E-state index contributed by atoms with van der Waals surface area (Å²) in [5.74, 6) is 0. The molecule has 0 spiro atoms. The monoisotopic (exact) mass is 304 g/mol. The molecule has 0 atom stereocenters. The van der Waals surface area contributed by atoms with Gasteiger partial charge in [0.25, 0.3) is 0 Å². The zero-order valence-corrected chi connectivity index (χ0v) is 12.0. The zero-order valence-electron chi connectivity index (χ0n) is 10.4. The Bertz CT molecular complexity index is 646. The van der Waals surface area contributed by atoms with Crippen molar-refractivity contribution in [3.05, 3.63) is 36.4 Å². The van der Waals surface area contributed by atoms with Crippen molar-refractivity contribution in [1.29, 1.82) is 0 Å². The van der Waals surface area contributed by atoms with Crippen LogP contribution in [0.5, 0.6) is 0 Å². The third kappa shape index (κ3) is 4.75. The largest absolute Gasteiger partial charge is 0.327 e. The number of hydrogen-bond donors (Lipinski definition) is 2. The van der Waals surface area contributed by atoms with Crippen LogP contribution in [0.1, 0.15) is 0 Å². The standard InChI is InChI=1S/C11H16N2O4S2/c1-18(14,15)10-4-6-11(7-5-10)19(16,17)13-9-3-2-8-12/h2-7,13H,8-9,12H2,1H3/b3-2+. The van der Waals surface area contributed by atoms with Crippen molar-refractivity contribution in [2.75, 3.05) is 19.3 Å². The van der Waals surface area contributed by atoms with Crippen molar-refractivity contribution in [3.63, 3.8) is 0 Å². The lowest BCUT2D eigenvalue weighted by Gasteiger charge is -2.05. The normalized spacial score (nSPS) is 12.9. The lowest BCUT2D eigenvalue weighted by Crippen LogP contribution is -2.23. The van der Waals surface area contributed by atoms with Crippen molar-refractivity contribution in [1.82, 2.24) is 4.72 Å². The minimum Gasteiger partial charge on any atom is -0.327 e. The maximum Gasteiger partial charge on any atom is 0.240 e. The topological polar surface area (TPSA) is 106 Å². The zero-order chi connectivity index (χ0) is 14.5. The van der Waals surface area contributed by atoms with E-state index >= 15 is 0 Å². The average molecular weight is 304 g/mol. The van der Waals surface area contributed by atoms with Crippen LogP contribution in [-0.4, -0.2) is 36.2 Å². The van der Waals surface area contributed by atoms with Crippen molar-refractivity contribution < 1.29 is 16.8 Å². The molecule has 0 saturated heterocycles. The quantitative estimate of drug-likeness (QED) is 0.713. The van der Waals surface area contributed by atoms with E-state index in [1.165, 1.54) is 24.3 Å². The second kappa shape index (κ2) is 6.29. The minimum atomic E-state index is -3.64. The second-order valence-corrected chi connectivity index (χ2v) is 7.59. The molecule has 0 heterocycles. The molecule has 8 heteroatoms. The van der Waals surface area contributed by atoms with Gasteiger partial charge in [0, 0.05) is 19.3 Å². The molecular weight excluding hydrogens is 288 g/mol. The van der Waals surface area contributed by atoms with Crippen molar-refractivity contribution >= 4 is 19.9 Å². The average Bonchev–Trinajstić information content (AvgIpc) is 2.34. The highest BCUT2D eigenvalue weighted by atomic mass is 32.2. The number of rotatable bonds is 6. The first kappa shape index (κ1) is 15.8. The summed E-state index contributed by atoms with van der Waals surface area (Å²) >= 11 is 0. The molecule has 0 fully saturated rings. The summed E-state index contributed by atoms with van der Waals surface area (Å²) < 4.78 is 48.5. The van der Waals surface area contributed by atoms with E-state index in [0.29, 0.717) is 6.54 Å². The number of nitrogens with one attached hydrogen (secondary N) is 1. The number of hydrogen-bond acceptors (Lipinski definition) is 5. The lowest BCUT2D eigenvalue weighted by atomic mass is 10.4. The molecule has 0 saturated carbocycles. The van der Waals surface area contributed by atoms with E-state index in [1.807, 2.05) is 0 Å². The Labute approximate surface area is 113 Å². The molecule has 106 valence electrons. The molecule has 0 aliphatic carbocycles. The Balaban J connectivity index is 2.88. The van der Waals surface area contributed by atoms with E-state index in [4.69, 9.17) is 5.73 Å². The summed E-state index contributed by atoms with van der Waals surface area (Å²) in [6.45, 7) is 0.470. The number of benzene rings is 1. The molecule has 1 rings (SSSR count). The van der Waals surface area contributed by atoms with Gasteiger partial charge in [0.15, 0.2) is 9.84 Å². The third-order valence-corrected chi connectivity index (χ3v) is 4.82. The molecular formula is C11H16N2O4S2. The van der Waals surface area contributed by atoms with Crippen LogP contribution in [0.3, 0.4) is 0 Å². The second-order valence-electron chi connectivity index (χ2n) is 3.80. The van der Waals surface area contributed by atoms with Crippen molar-refractivity contribution in [3.8, 4) is 0 Å². The summed E-state index contributed by atoms with van der Waals surface area (Å²) in [4.78, 5) is 0.0931. The van der Waals surface area contributed by atoms with Gasteiger partial charge >= 0.3 is 0 Å². The van der Waals surface area contributed by atoms with Gasteiger partial charge in [-0.2, -0.15) is 0 Å². The first-order valence-corrected chi connectivity index (χ1v) is 8.79. The lowest BCUT2D eigenvalue weighted by molar-refractivity contribution is 0.584. The van der Waals surface area contributed by atoms with Crippen LogP contribution in [0.2, 0.25) is 0 Å². The maximum atomic E-state index is 11.8. The van der Waals surface area contributed by atoms with E-state index in [0.717, 1.165) is 6.26 Å². The maximum absolute atomic E-state index is 11.8. The minimum absolute atomic E-state index is 0.0149. The van der Waals surface area contributed by atoms with Gasteiger partial charge in [0.05, 0.1) is 9.79 Å². The molecule has 0 unspecified atom stereocenters. The molecule has 3 N–H and O–H groups in total. The highest BCUT2D eigenvalue weighted by Gasteiger charge is 2.14. The number of sulfonamides is 1. The molecule has 6 nitrogen and oxygen atoms in total. The smallest absolute Gasteiger partial charge is 0.240 e. The predicted octanol–water partition coefficient (Wildman–Crippen LogP) is -0.117. The summed E-state index contributed by atoms with van der Waals surface area (Å²) in [6, 6.07) is 5.04. The molecule has 1 aromatic carbocycles. The number of sulfone groups is 1. The Kier molecular flexibility index (Phi) is 5.24. The van der Waals surface area contributed by atoms with Gasteiger partial charge in [-0.1, -0.05) is 12.2 Å². The van der Waals surface area contributed by atoms with Crippen molar-refractivity contribution in [2.24, 2.45) is 5.73 Å². The third-order valence-electron chi connectivity index (χ3n) is 2.26. The van der Waals surface area contributed by atoms with Crippen molar-refractivity contribution in [2.45, 2.75) is 9.79 Å². The van der Waals surface area contributed by atoms with Gasteiger partial charge in [-0.15, -0.1) is 0 Å². The fourth-order valence-electron chi connectivity index (χ4n) is 1.29. The summed E-state index contributed by atoms with van der Waals surface area (Å²) in [6.07, 6.45) is 4.30. The van der Waals surface area contributed by atoms with Crippen LogP contribution in [0, 0.1) is 0 Å². The van der Waals surface area contributed by atoms with Crippen LogP contribution in [-0.2, 0) is 19.9 Å². The Hall–Kier alpha value is -1.22. The Morgan fingerprint density at radius 3 is 2.05 bits per heavy atom. The first-order chi connectivity index (χ1) is 8.77. The molecule has 0 aliphatic heterocycles. The fourth-order valence-corrected chi connectivity index (χ4v) is 2.89. The highest BCUT2D eigenvalue weighted by Crippen LogP contribution is 2.13. The van der Waals surface area contributed by atoms with Gasteiger partial charge in [0.1, 0.15) is 0 Å². The number of nitrogens with two attached hydrogens (primary N) is 1. The van der Waals surface area contributed by atoms with Gasteiger partial charge in [0.2, 0.25) is 10.0 Å². The highest BCUT2D eigenvalue weighted by molar-refractivity contribution is 7.90. The van der Waals surface area contributed by atoms with E-state index in [-0.39, 0.29) is 16.3 Å². The van der Waals surface area contributed by atoms with E-state index in [1.54, 1.807) is 12.2 Å². The molecule has 1 aromatic rings. The Morgan fingerprint density at radius 2 is 1.58 bits per heavy atom. The predicted molar refractivity (Wildman–Crippen MR) is 72.9 cm³/mol. The van der Waals surface area contributed by atoms with Gasteiger partial charge in [-0.25, -0.2) is 21.6 Å². The molecule has 0 radical (unpaired) electrons. The summed E-state index contributed by atoms with van der Waals surface area (Å²) in [5.41, 5.74) is 5.23. The van der Waals surface area contributed by atoms with E-state index in [2.05, 4.69) is 4.72 Å². The first-order valence-electron chi connectivity index (χ1n) is 5.42. The van der Waals surface area contributed by atoms with Gasteiger partial charge in [-0.3, -0.25) is 0 Å². The summed E-state index contributed by atoms with van der Waals surface area (Å²) in [7, 11) is -6.97. The van der Waals surface area contributed by atoms with Crippen LogP contribution >= 0.6 is 0 Å². The Morgan fingerprint density at radius 1 is 1.05 bits per heavy atom. The van der Waals surface area contributed by atoms with E-state index in [9.17, 15) is 16.8 Å². The molecule has 0 amide bonds. The van der Waals surface area contributed by atoms with Crippen LogP contribution in [0.4, 0.5) is 0 Å². The molecule has 0 aromatic heterocycles. The fraction of sp³-hybridized carbons (Fsp3) is 0.273. The summed E-state index contributed by atoms with van der Waals surface area (Å²) in [5, 5.41) is 0. The SMILES string of the molecule is CS(=O)(=O)c1ccc(S(=O)(=O)NC/C=C/CN)cc1. The molecule has 0 aliphatic rings. The van der Waals surface area contributed by atoms with Gasteiger partial charge in [-0.05, 0) is 24.3 Å². The van der Waals surface area contributed by atoms with Gasteiger partial charge < -0.3 is 5.73 Å². The van der Waals surface area contributed by atoms with Crippen LogP contribution < -0.4 is 10.5 Å². The van der Waals surface area contributed by atoms with Crippen LogP contribution in [0.25, 0.3) is 0 Å². The molecule has 0 bridgehead atoms. The van der Waals surface area contributed by atoms with E-state index < -0.39 is 19.9 Å². The van der Waals surface area contributed by atoms with Crippen LogP contribution in [0.15, 0.2) is 46.2 Å². The molecule has 19 heavy (non-hydrogen) atoms.